The Labute approximate surface area is 183 Å². The number of sulfonamides is 2. The first-order valence-corrected chi connectivity index (χ1v) is 12.8. The van der Waals surface area contributed by atoms with Gasteiger partial charge in [-0.15, -0.1) is 0 Å². The van der Waals surface area contributed by atoms with Crippen molar-refractivity contribution in [1.29, 1.82) is 0 Å². The van der Waals surface area contributed by atoms with Crippen molar-refractivity contribution < 1.29 is 31.0 Å². The molecule has 0 unspecified atom stereocenters. The molecule has 1 N–H and O–H groups in total. The van der Waals surface area contributed by atoms with Crippen LogP contribution in [0.15, 0.2) is 47.4 Å². The minimum atomic E-state index is -3.96. The van der Waals surface area contributed by atoms with E-state index in [9.17, 15) is 16.8 Å². The highest BCUT2D eigenvalue weighted by Crippen LogP contribution is 2.31. The zero-order valence-electron chi connectivity index (χ0n) is 17.4. The van der Waals surface area contributed by atoms with Gasteiger partial charge in [-0.25, -0.2) is 21.6 Å². The predicted molar refractivity (Wildman–Crippen MR) is 117 cm³/mol. The van der Waals surface area contributed by atoms with Gasteiger partial charge >= 0.3 is 0 Å². The monoisotopic (exact) mass is 470 g/mol. The second-order valence-electron chi connectivity index (χ2n) is 6.85. The van der Waals surface area contributed by atoms with E-state index in [1.807, 2.05) is 0 Å². The summed E-state index contributed by atoms with van der Waals surface area (Å²) in [6.07, 6.45) is 1.31. The third kappa shape index (κ3) is 5.60. The van der Waals surface area contributed by atoms with E-state index in [0.717, 1.165) is 0 Å². The Kier molecular flexibility index (Phi) is 7.29. The molecule has 0 aliphatic carbocycles. The zero-order valence-corrected chi connectivity index (χ0v) is 19.0. The van der Waals surface area contributed by atoms with Crippen LogP contribution in [0.25, 0.3) is 0 Å². The SMILES string of the molecule is COc1ccc(OCCNS(=O)(=O)c2cc(N3CCCCS3(=O)=O)ccc2OC)cc1. The fourth-order valence-corrected chi connectivity index (χ4v) is 6.04. The van der Waals surface area contributed by atoms with Gasteiger partial charge in [-0.2, -0.15) is 0 Å². The molecule has 31 heavy (non-hydrogen) atoms. The Hall–Kier alpha value is -2.50. The topological polar surface area (TPSA) is 111 Å². The van der Waals surface area contributed by atoms with Gasteiger partial charge in [0.05, 0.1) is 25.7 Å². The average molecular weight is 471 g/mol. The van der Waals surface area contributed by atoms with Crippen molar-refractivity contribution in [3.63, 3.8) is 0 Å². The molecule has 0 aromatic heterocycles. The summed E-state index contributed by atoms with van der Waals surface area (Å²) in [5.41, 5.74) is 0.301. The maximum absolute atomic E-state index is 12.9. The van der Waals surface area contributed by atoms with Crippen LogP contribution >= 0.6 is 0 Å². The van der Waals surface area contributed by atoms with Gasteiger partial charge in [0.25, 0.3) is 0 Å². The number of nitrogens with zero attached hydrogens (tertiary/aromatic N) is 1. The molecule has 0 bridgehead atoms. The lowest BCUT2D eigenvalue weighted by Crippen LogP contribution is -2.38. The lowest BCUT2D eigenvalue weighted by Gasteiger charge is -2.28. The van der Waals surface area contributed by atoms with Crippen molar-refractivity contribution in [3.8, 4) is 17.2 Å². The summed E-state index contributed by atoms with van der Waals surface area (Å²) >= 11 is 0. The molecule has 1 saturated heterocycles. The number of hydrogen-bond acceptors (Lipinski definition) is 7. The summed E-state index contributed by atoms with van der Waals surface area (Å²) in [4.78, 5) is -0.127. The number of ether oxygens (including phenoxy) is 3. The molecule has 0 atom stereocenters. The van der Waals surface area contributed by atoms with Crippen LogP contribution in [0.5, 0.6) is 17.2 Å². The zero-order chi connectivity index (χ0) is 22.5. The number of nitrogens with one attached hydrogen (secondary N) is 1. The van der Waals surface area contributed by atoms with Crippen LogP contribution in [0.2, 0.25) is 0 Å². The second-order valence-corrected chi connectivity index (χ2v) is 10.6. The fourth-order valence-electron chi connectivity index (χ4n) is 3.20. The van der Waals surface area contributed by atoms with Crippen molar-refractivity contribution in [2.24, 2.45) is 0 Å². The van der Waals surface area contributed by atoms with Gasteiger partial charge in [-0.05, 0) is 55.3 Å². The molecule has 0 radical (unpaired) electrons. The molecule has 1 aliphatic rings. The molecule has 170 valence electrons. The van der Waals surface area contributed by atoms with E-state index in [2.05, 4.69) is 4.72 Å². The highest BCUT2D eigenvalue weighted by Gasteiger charge is 2.28. The Bertz CT molecular complexity index is 1100. The van der Waals surface area contributed by atoms with Gasteiger partial charge in [-0.1, -0.05) is 0 Å². The Morgan fingerprint density at radius 2 is 1.71 bits per heavy atom. The molecule has 1 aliphatic heterocycles. The molecule has 0 amide bonds. The van der Waals surface area contributed by atoms with Crippen LogP contribution in [-0.4, -0.2) is 56.5 Å². The number of hydrogen-bond donors (Lipinski definition) is 1. The summed E-state index contributed by atoms with van der Waals surface area (Å²) in [5.74, 6) is 1.44. The van der Waals surface area contributed by atoms with Crippen LogP contribution in [0.3, 0.4) is 0 Å². The number of benzene rings is 2. The fraction of sp³-hybridized carbons (Fsp3) is 0.400. The molecule has 0 saturated carbocycles. The van der Waals surface area contributed by atoms with E-state index in [1.165, 1.54) is 23.5 Å². The minimum Gasteiger partial charge on any atom is -0.497 e. The van der Waals surface area contributed by atoms with Gasteiger partial charge in [0, 0.05) is 13.1 Å². The van der Waals surface area contributed by atoms with Crippen LogP contribution in [0.4, 0.5) is 5.69 Å². The minimum absolute atomic E-state index is 0.0176. The molecule has 2 aromatic rings. The predicted octanol–water partition coefficient (Wildman–Crippen LogP) is 1.99. The van der Waals surface area contributed by atoms with E-state index in [0.29, 0.717) is 36.6 Å². The van der Waals surface area contributed by atoms with E-state index in [4.69, 9.17) is 14.2 Å². The summed E-state index contributed by atoms with van der Waals surface area (Å²) in [6, 6.07) is 11.3. The Balaban J connectivity index is 1.71. The molecule has 9 nitrogen and oxygen atoms in total. The molecule has 2 aromatic carbocycles. The smallest absolute Gasteiger partial charge is 0.244 e. The van der Waals surface area contributed by atoms with Gasteiger partial charge in [0.15, 0.2) is 0 Å². The largest absolute Gasteiger partial charge is 0.497 e. The van der Waals surface area contributed by atoms with Crippen molar-refractivity contribution in [2.75, 3.05) is 44.0 Å². The van der Waals surface area contributed by atoms with Crippen molar-refractivity contribution in [2.45, 2.75) is 17.7 Å². The third-order valence-corrected chi connectivity index (χ3v) is 8.15. The highest BCUT2D eigenvalue weighted by molar-refractivity contribution is 7.92. The van der Waals surface area contributed by atoms with Crippen LogP contribution in [0.1, 0.15) is 12.8 Å². The van der Waals surface area contributed by atoms with Gasteiger partial charge in [-0.3, -0.25) is 4.31 Å². The van der Waals surface area contributed by atoms with E-state index < -0.39 is 20.0 Å². The third-order valence-electron chi connectivity index (χ3n) is 4.80. The maximum atomic E-state index is 12.9. The lowest BCUT2D eigenvalue weighted by molar-refractivity contribution is 0.321. The van der Waals surface area contributed by atoms with E-state index >= 15 is 0 Å². The van der Waals surface area contributed by atoms with Gasteiger partial charge < -0.3 is 14.2 Å². The lowest BCUT2D eigenvalue weighted by atomic mass is 10.2. The number of methoxy groups -OCH3 is 2. The molecule has 11 heteroatoms. The van der Waals surface area contributed by atoms with E-state index in [1.54, 1.807) is 37.4 Å². The van der Waals surface area contributed by atoms with Crippen molar-refractivity contribution in [3.05, 3.63) is 42.5 Å². The summed E-state index contributed by atoms with van der Waals surface area (Å²) in [7, 11) is -4.51. The molecular formula is C20H26N2O7S2. The first-order chi connectivity index (χ1) is 14.8. The molecular weight excluding hydrogens is 444 g/mol. The number of rotatable bonds is 9. The van der Waals surface area contributed by atoms with Crippen LogP contribution in [-0.2, 0) is 20.0 Å². The van der Waals surface area contributed by atoms with E-state index in [-0.39, 0.29) is 29.5 Å². The summed E-state index contributed by atoms with van der Waals surface area (Å²) in [5, 5.41) is 0. The average Bonchev–Trinajstić information content (AvgIpc) is 2.76. The van der Waals surface area contributed by atoms with Crippen molar-refractivity contribution >= 4 is 25.7 Å². The van der Waals surface area contributed by atoms with Gasteiger partial charge in [0.2, 0.25) is 20.0 Å². The maximum Gasteiger partial charge on any atom is 0.244 e. The van der Waals surface area contributed by atoms with Crippen LogP contribution < -0.4 is 23.2 Å². The van der Waals surface area contributed by atoms with Crippen molar-refractivity contribution in [1.82, 2.24) is 4.72 Å². The molecule has 0 spiro atoms. The first-order valence-electron chi connectivity index (χ1n) is 9.72. The molecule has 3 rings (SSSR count). The summed E-state index contributed by atoms with van der Waals surface area (Å²) < 4.78 is 70.0. The second kappa shape index (κ2) is 9.75. The number of anilines is 1. The Morgan fingerprint density at radius 1 is 1.00 bits per heavy atom. The highest BCUT2D eigenvalue weighted by atomic mass is 32.2. The Morgan fingerprint density at radius 3 is 2.35 bits per heavy atom. The van der Waals surface area contributed by atoms with Crippen LogP contribution in [0, 0.1) is 0 Å². The quantitative estimate of drug-likeness (QED) is 0.558. The van der Waals surface area contributed by atoms with Gasteiger partial charge in [0.1, 0.15) is 28.8 Å². The molecule has 1 heterocycles. The molecule has 1 fully saturated rings. The normalized spacial score (nSPS) is 16.0. The standard InChI is InChI=1S/C20H26N2O7S2/c1-27-17-6-8-18(9-7-17)29-13-11-21-31(25,26)20-15-16(5-10-19(20)28-2)22-12-3-4-14-30(22,23)24/h5-10,15,21H,3-4,11-14H2,1-2H3. The summed E-state index contributed by atoms with van der Waals surface area (Å²) in [6.45, 7) is 0.440. The first kappa shape index (κ1) is 23.2.